The molecule has 0 bridgehead atoms. The van der Waals surface area contributed by atoms with Gasteiger partial charge in [-0.05, 0) is 62.7 Å². The van der Waals surface area contributed by atoms with Crippen LogP contribution in [0.3, 0.4) is 0 Å². The fraction of sp³-hybridized carbons (Fsp3) is 0.400. The van der Waals surface area contributed by atoms with Gasteiger partial charge in [0.15, 0.2) is 4.77 Å². The Labute approximate surface area is 118 Å². The summed E-state index contributed by atoms with van der Waals surface area (Å²) < 4.78 is 2.77. The molecule has 0 aliphatic carbocycles. The minimum atomic E-state index is 0.753. The molecular formula is C15H19N3S. The zero-order valence-electron chi connectivity index (χ0n) is 11.2. The number of piperidine rings is 1. The van der Waals surface area contributed by atoms with E-state index in [-0.39, 0.29) is 0 Å². The Bertz CT molecular complexity index is 603. The smallest absolute Gasteiger partial charge is 0.181 e. The van der Waals surface area contributed by atoms with Crippen LogP contribution in [0.2, 0.25) is 0 Å². The summed E-state index contributed by atoms with van der Waals surface area (Å²) in [6.07, 6.45) is 6.03. The zero-order chi connectivity index (χ0) is 13.2. The number of benzene rings is 1. The van der Waals surface area contributed by atoms with Crippen molar-refractivity contribution in [3.63, 3.8) is 0 Å². The SMILES string of the molecule is Cc1cn(-c2ccc(N3CCCCC3)cc2)c(=S)[nH]1. The van der Waals surface area contributed by atoms with Crippen LogP contribution in [0.5, 0.6) is 0 Å². The van der Waals surface area contributed by atoms with E-state index in [2.05, 4.69) is 34.1 Å². The van der Waals surface area contributed by atoms with Gasteiger partial charge < -0.3 is 9.88 Å². The maximum Gasteiger partial charge on any atom is 0.181 e. The van der Waals surface area contributed by atoms with E-state index in [0.717, 1.165) is 16.2 Å². The normalized spacial score (nSPS) is 15.7. The Balaban J connectivity index is 1.86. The van der Waals surface area contributed by atoms with Gasteiger partial charge >= 0.3 is 0 Å². The van der Waals surface area contributed by atoms with E-state index in [9.17, 15) is 0 Å². The number of nitrogens with one attached hydrogen (secondary N) is 1. The average molecular weight is 273 g/mol. The summed E-state index contributed by atoms with van der Waals surface area (Å²) in [4.78, 5) is 5.62. The lowest BCUT2D eigenvalue weighted by molar-refractivity contribution is 0.578. The molecule has 100 valence electrons. The molecule has 3 rings (SSSR count). The lowest BCUT2D eigenvalue weighted by atomic mass is 10.1. The van der Waals surface area contributed by atoms with Crippen molar-refractivity contribution in [2.24, 2.45) is 0 Å². The molecule has 0 saturated carbocycles. The van der Waals surface area contributed by atoms with Crippen molar-refractivity contribution in [2.75, 3.05) is 18.0 Å². The van der Waals surface area contributed by atoms with Crippen molar-refractivity contribution in [1.82, 2.24) is 9.55 Å². The number of hydrogen-bond donors (Lipinski definition) is 1. The Hall–Kier alpha value is -1.55. The molecule has 0 spiro atoms. The van der Waals surface area contributed by atoms with Crippen molar-refractivity contribution in [3.8, 4) is 5.69 Å². The standard InChI is InChI=1S/C15H19N3S/c1-12-11-18(15(19)16-12)14-7-5-13(6-8-14)17-9-3-2-4-10-17/h5-8,11H,2-4,9-10H2,1H3,(H,16,19). The van der Waals surface area contributed by atoms with Crippen LogP contribution in [0.4, 0.5) is 5.69 Å². The third-order valence-corrected chi connectivity index (χ3v) is 3.99. The predicted molar refractivity (Wildman–Crippen MR) is 81.8 cm³/mol. The molecule has 0 amide bonds. The van der Waals surface area contributed by atoms with Crippen LogP contribution in [0.25, 0.3) is 5.69 Å². The van der Waals surface area contributed by atoms with Gasteiger partial charge in [-0.25, -0.2) is 0 Å². The maximum atomic E-state index is 5.31. The maximum absolute atomic E-state index is 5.31. The largest absolute Gasteiger partial charge is 0.372 e. The number of aromatic amines is 1. The number of anilines is 1. The molecular weight excluding hydrogens is 254 g/mol. The number of aryl methyl sites for hydroxylation is 1. The molecule has 0 atom stereocenters. The lowest BCUT2D eigenvalue weighted by Crippen LogP contribution is -2.29. The van der Waals surface area contributed by atoms with Crippen LogP contribution in [0, 0.1) is 11.7 Å². The van der Waals surface area contributed by atoms with Gasteiger partial charge in [-0.1, -0.05) is 0 Å². The molecule has 1 fully saturated rings. The molecule has 1 N–H and O–H groups in total. The first-order valence-electron chi connectivity index (χ1n) is 6.88. The van der Waals surface area contributed by atoms with Crippen LogP contribution >= 0.6 is 12.2 Å². The third kappa shape index (κ3) is 2.59. The van der Waals surface area contributed by atoms with E-state index in [1.807, 2.05) is 17.7 Å². The van der Waals surface area contributed by atoms with Crippen LogP contribution in [0.1, 0.15) is 25.0 Å². The number of rotatable bonds is 2. The Kier molecular flexibility index (Phi) is 3.42. The molecule has 1 saturated heterocycles. The zero-order valence-corrected chi connectivity index (χ0v) is 12.0. The second kappa shape index (κ2) is 5.21. The fourth-order valence-corrected chi connectivity index (χ4v) is 3.00. The highest BCUT2D eigenvalue weighted by atomic mass is 32.1. The number of aromatic nitrogens is 2. The second-order valence-electron chi connectivity index (χ2n) is 5.18. The van der Waals surface area contributed by atoms with E-state index < -0.39 is 0 Å². The van der Waals surface area contributed by atoms with E-state index in [0.29, 0.717) is 0 Å². The highest BCUT2D eigenvalue weighted by Crippen LogP contribution is 2.21. The molecule has 0 unspecified atom stereocenters. The molecule has 3 nitrogen and oxygen atoms in total. The first-order valence-corrected chi connectivity index (χ1v) is 7.28. The summed E-state index contributed by atoms with van der Waals surface area (Å²) >= 11 is 5.31. The lowest BCUT2D eigenvalue weighted by Gasteiger charge is -2.28. The Morgan fingerprint density at radius 1 is 1.00 bits per heavy atom. The minimum absolute atomic E-state index is 0.753. The molecule has 19 heavy (non-hydrogen) atoms. The van der Waals surface area contributed by atoms with Crippen molar-refractivity contribution in [2.45, 2.75) is 26.2 Å². The number of hydrogen-bond acceptors (Lipinski definition) is 2. The Morgan fingerprint density at radius 2 is 1.63 bits per heavy atom. The summed E-state index contributed by atoms with van der Waals surface area (Å²) in [6.45, 7) is 4.39. The molecule has 2 heterocycles. The number of nitrogens with zero attached hydrogens (tertiary/aromatic N) is 2. The van der Waals surface area contributed by atoms with E-state index >= 15 is 0 Å². The van der Waals surface area contributed by atoms with E-state index in [4.69, 9.17) is 12.2 Å². The van der Waals surface area contributed by atoms with Gasteiger partial charge in [-0.3, -0.25) is 4.57 Å². The number of imidazole rings is 1. The summed E-state index contributed by atoms with van der Waals surface area (Å²) in [5.74, 6) is 0. The van der Waals surface area contributed by atoms with Crippen molar-refractivity contribution in [1.29, 1.82) is 0 Å². The molecule has 1 aliphatic heterocycles. The van der Waals surface area contributed by atoms with Crippen LogP contribution in [-0.4, -0.2) is 22.6 Å². The fourth-order valence-electron chi connectivity index (χ4n) is 2.68. The van der Waals surface area contributed by atoms with Crippen LogP contribution < -0.4 is 4.90 Å². The van der Waals surface area contributed by atoms with Crippen molar-refractivity contribution in [3.05, 3.63) is 40.9 Å². The van der Waals surface area contributed by atoms with Crippen molar-refractivity contribution >= 4 is 17.9 Å². The molecule has 1 aliphatic rings. The molecule has 2 aromatic rings. The van der Waals surface area contributed by atoms with E-state index in [1.54, 1.807) is 0 Å². The summed E-state index contributed by atoms with van der Waals surface area (Å²) in [7, 11) is 0. The van der Waals surface area contributed by atoms with Crippen molar-refractivity contribution < 1.29 is 0 Å². The highest BCUT2D eigenvalue weighted by Gasteiger charge is 2.10. The van der Waals surface area contributed by atoms with Gasteiger partial charge in [-0.2, -0.15) is 0 Å². The highest BCUT2D eigenvalue weighted by molar-refractivity contribution is 7.71. The first-order chi connectivity index (χ1) is 9.24. The van der Waals surface area contributed by atoms with Gasteiger partial charge in [0.1, 0.15) is 0 Å². The minimum Gasteiger partial charge on any atom is -0.372 e. The summed E-state index contributed by atoms with van der Waals surface area (Å²) in [6, 6.07) is 8.69. The van der Waals surface area contributed by atoms with Crippen LogP contribution in [0.15, 0.2) is 30.5 Å². The molecule has 1 aromatic carbocycles. The number of H-pyrrole nitrogens is 1. The first kappa shape index (κ1) is 12.5. The van der Waals surface area contributed by atoms with Gasteiger partial charge in [0.2, 0.25) is 0 Å². The predicted octanol–water partition coefficient (Wildman–Crippen LogP) is 3.83. The van der Waals surface area contributed by atoms with Gasteiger partial charge in [0.25, 0.3) is 0 Å². The van der Waals surface area contributed by atoms with Crippen LogP contribution in [-0.2, 0) is 0 Å². The quantitative estimate of drug-likeness (QED) is 0.841. The molecule has 1 aromatic heterocycles. The Morgan fingerprint density at radius 3 is 2.21 bits per heavy atom. The topological polar surface area (TPSA) is 24.0 Å². The second-order valence-corrected chi connectivity index (χ2v) is 5.56. The summed E-state index contributed by atoms with van der Waals surface area (Å²) in [5, 5.41) is 0. The molecule has 0 radical (unpaired) electrons. The average Bonchev–Trinajstić information content (AvgIpc) is 2.79. The third-order valence-electron chi connectivity index (χ3n) is 3.69. The van der Waals surface area contributed by atoms with E-state index in [1.165, 1.54) is 38.0 Å². The van der Waals surface area contributed by atoms with Gasteiger partial charge in [-0.15, -0.1) is 0 Å². The summed E-state index contributed by atoms with van der Waals surface area (Å²) in [5.41, 5.74) is 3.53. The van der Waals surface area contributed by atoms with Gasteiger partial charge in [0.05, 0.1) is 0 Å². The monoisotopic (exact) mass is 273 g/mol. The van der Waals surface area contributed by atoms with Gasteiger partial charge in [0, 0.05) is 36.4 Å². The molecule has 4 heteroatoms.